The highest BCUT2D eigenvalue weighted by Gasteiger charge is 2.18. The molecule has 2 nitrogen and oxygen atoms in total. The second kappa shape index (κ2) is 6.28. The quantitative estimate of drug-likeness (QED) is 0.748. The summed E-state index contributed by atoms with van der Waals surface area (Å²) in [4.78, 5) is 0. The van der Waals surface area contributed by atoms with Crippen LogP contribution in [-0.2, 0) is 0 Å². The van der Waals surface area contributed by atoms with Crippen molar-refractivity contribution in [3.05, 3.63) is 42.2 Å². The maximum absolute atomic E-state index is 13.8. The number of benzene rings is 1. The lowest BCUT2D eigenvalue weighted by molar-refractivity contribution is 0.391. The third kappa shape index (κ3) is 2.83. The largest absolute Gasteiger partial charge is 0.496 e. The molecule has 1 unspecified atom stereocenters. The van der Waals surface area contributed by atoms with E-state index in [9.17, 15) is 4.39 Å². The van der Waals surface area contributed by atoms with Crippen LogP contribution in [0.25, 0.3) is 0 Å². The van der Waals surface area contributed by atoms with Crippen LogP contribution in [0.3, 0.4) is 0 Å². The van der Waals surface area contributed by atoms with Crippen molar-refractivity contribution >= 4 is 0 Å². The lowest BCUT2D eigenvalue weighted by Gasteiger charge is -2.19. The number of hydrogen-bond donors (Lipinski definition) is 1. The van der Waals surface area contributed by atoms with E-state index in [1.807, 2.05) is 6.92 Å². The Morgan fingerprint density at radius 1 is 1.56 bits per heavy atom. The average Bonchev–Trinajstić information content (AvgIpc) is 2.28. The maximum atomic E-state index is 13.8. The van der Waals surface area contributed by atoms with Crippen molar-refractivity contribution in [1.29, 1.82) is 0 Å². The van der Waals surface area contributed by atoms with Gasteiger partial charge in [0.05, 0.1) is 7.11 Å². The lowest BCUT2D eigenvalue weighted by Crippen LogP contribution is -2.22. The predicted molar refractivity (Wildman–Crippen MR) is 64.2 cm³/mol. The second-order valence-electron chi connectivity index (χ2n) is 3.49. The molecule has 16 heavy (non-hydrogen) atoms. The number of methoxy groups -OCH3 is 1. The summed E-state index contributed by atoms with van der Waals surface area (Å²) < 4.78 is 19.0. The van der Waals surface area contributed by atoms with Gasteiger partial charge in [-0.3, -0.25) is 0 Å². The van der Waals surface area contributed by atoms with E-state index in [0.717, 1.165) is 6.54 Å². The molecule has 0 aliphatic rings. The van der Waals surface area contributed by atoms with E-state index in [2.05, 4.69) is 11.9 Å². The third-order valence-electron chi connectivity index (χ3n) is 2.43. The van der Waals surface area contributed by atoms with E-state index in [4.69, 9.17) is 4.74 Å². The molecule has 0 spiro atoms. The van der Waals surface area contributed by atoms with Gasteiger partial charge in [0.15, 0.2) is 0 Å². The van der Waals surface area contributed by atoms with Crippen LogP contribution < -0.4 is 10.1 Å². The van der Waals surface area contributed by atoms with Gasteiger partial charge in [-0.1, -0.05) is 19.1 Å². The van der Waals surface area contributed by atoms with Crippen molar-refractivity contribution in [1.82, 2.24) is 5.32 Å². The van der Waals surface area contributed by atoms with E-state index in [-0.39, 0.29) is 11.9 Å². The first kappa shape index (κ1) is 12.7. The van der Waals surface area contributed by atoms with E-state index in [0.29, 0.717) is 17.7 Å². The molecule has 0 aliphatic heterocycles. The van der Waals surface area contributed by atoms with E-state index in [1.54, 1.807) is 25.3 Å². The van der Waals surface area contributed by atoms with Crippen LogP contribution in [0.2, 0.25) is 0 Å². The Labute approximate surface area is 96.1 Å². The molecular formula is C13H18FNO. The normalized spacial score (nSPS) is 12.2. The molecule has 0 saturated heterocycles. The Morgan fingerprint density at radius 3 is 2.88 bits per heavy atom. The van der Waals surface area contributed by atoms with Crippen molar-refractivity contribution < 1.29 is 9.13 Å². The van der Waals surface area contributed by atoms with Crippen LogP contribution in [0.15, 0.2) is 30.9 Å². The van der Waals surface area contributed by atoms with Crippen LogP contribution >= 0.6 is 0 Å². The van der Waals surface area contributed by atoms with Crippen molar-refractivity contribution in [3.8, 4) is 5.75 Å². The van der Waals surface area contributed by atoms with Gasteiger partial charge in [0.1, 0.15) is 11.6 Å². The predicted octanol–water partition coefficient (Wildman–Crippen LogP) is 3.06. The second-order valence-corrected chi connectivity index (χ2v) is 3.49. The minimum atomic E-state index is -0.243. The molecule has 1 rings (SSSR count). The SMILES string of the molecule is C=CCC(NCC)c1c(F)cccc1OC. The Balaban J connectivity index is 3.09. The monoisotopic (exact) mass is 223 g/mol. The zero-order valence-electron chi connectivity index (χ0n) is 9.79. The number of ether oxygens (including phenoxy) is 1. The zero-order valence-corrected chi connectivity index (χ0v) is 9.79. The molecular weight excluding hydrogens is 205 g/mol. The van der Waals surface area contributed by atoms with Crippen LogP contribution in [0, 0.1) is 5.82 Å². The molecule has 0 heterocycles. The summed E-state index contributed by atoms with van der Waals surface area (Å²) in [5.74, 6) is 0.333. The van der Waals surface area contributed by atoms with Crippen molar-refractivity contribution in [2.75, 3.05) is 13.7 Å². The molecule has 88 valence electrons. The molecule has 0 bridgehead atoms. The fraction of sp³-hybridized carbons (Fsp3) is 0.385. The summed E-state index contributed by atoms with van der Waals surface area (Å²) in [6.45, 7) is 6.45. The van der Waals surface area contributed by atoms with E-state index >= 15 is 0 Å². The number of nitrogens with one attached hydrogen (secondary N) is 1. The summed E-state index contributed by atoms with van der Waals surface area (Å²) in [6, 6.07) is 4.78. The Kier molecular flexibility index (Phi) is 4.99. The van der Waals surface area contributed by atoms with Gasteiger partial charge in [0.25, 0.3) is 0 Å². The molecule has 0 amide bonds. The fourth-order valence-electron chi connectivity index (χ4n) is 1.75. The molecule has 0 saturated carbocycles. The molecule has 1 atom stereocenters. The molecule has 3 heteroatoms. The van der Waals surface area contributed by atoms with Crippen LogP contribution in [-0.4, -0.2) is 13.7 Å². The lowest BCUT2D eigenvalue weighted by atomic mass is 10.0. The summed E-state index contributed by atoms with van der Waals surface area (Å²) >= 11 is 0. The molecule has 0 aromatic heterocycles. The standard InChI is InChI=1S/C13H18FNO/c1-4-7-11(15-5-2)13-10(14)8-6-9-12(13)16-3/h4,6,8-9,11,15H,1,5,7H2,2-3H3. The zero-order chi connectivity index (χ0) is 12.0. The average molecular weight is 223 g/mol. The molecule has 0 fully saturated rings. The molecule has 1 aromatic carbocycles. The van der Waals surface area contributed by atoms with Gasteiger partial charge in [0, 0.05) is 11.6 Å². The van der Waals surface area contributed by atoms with Crippen LogP contribution in [0.1, 0.15) is 24.9 Å². The van der Waals surface area contributed by atoms with Crippen molar-refractivity contribution in [3.63, 3.8) is 0 Å². The van der Waals surface area contributed by atoms with Crippen molar-refractivity contribution in [2.24, 2.45) is 0 Å². The van der Waals surface area contributed by atoms with Crippen LogP contribution in [0.4, 0.5) is 4.39 Å². The molecule has 1 N–H and O–H groups in total. The summed E-state index contributed by atoms with van der Waals surface area (Å²) in [5.41, 5.74) is 0.576. The number of halogens is 1. The van der Waals surface area contributed by atoms with Gasteiger partial charge in [-0.25, -0.2) is 4.39 Å². The van der Waals surface area contributed by atoms with Gasteiger partial charge in [-0.15, -0.1) is 6.58 Å². The van der Waals surface area contributed by atoms with Crippen LogP contribution in [0.5, 0.6) is 5.75 Å². The minimum Gasteiger partial charge on any atom is -0.496 e. The smallest absolute Gasteiger partial charge is 0.131 e. The van der Waals surface area contributed by atoms with Gasteiger partial charge >= 0.3 is 0 Å². The highest BCUT2D eigenvalue weighted by Crippen LogP contribution is 2.29. The maximum Gasteiger partial charge on any atom is 0.131 e. The molecule has 1 aromatic rings. The topological polar surface area (TPSA) is 21.3 Å². The van der Waals surface area contributed by atoms with E-state index < -0.39 is 0 Å². The van der Waals surface area contributed by atoms with Gasteiger partial charge in [-0.2, -0.15) is 0 Å². The highest BCUT2D eigenvalue weighted by molar-refractivity contribution is 5.37. The Morgan fingerprint density at radius 2 is 2.31 bits per heavy atom. The first-order valence-electron chi connectivity index (χ1n) is 5.41. The fourth-order valence-corrected chi connectivity index (χ4v) is 1.75. The third-order valence-corrected chi connectivity index (χ3v) is 2.43. The first-order valence-corrected chi connectivity index (χ1v) is 5.41. The summed E-state index contributed by atoms with van der Waals surface area (Å²) in [6.07, 6.45) is 2.45. The first-order chi connectivity index (χ1) is 7.74. The molecule has 0 aliphatic carbocycles. The van der Waals surface area contributed by atoms with E-state index in [1.165, 1.54) is 6.07 Å². The van der Waals surface area contributed by atoms with Gasteiger partial charge in [-0.05, 0) is 25.1 Å². The summed E-state index contributed by atoms with van der Waals surface area (Å²) in [7, 11) is 1.55. The minimum absolute atomic E-state index is 0.0846. The van der Waals surface area contributed by atoms with Crippen molar-refractivity contribution in [2.45, 2.75) is 19.4 Å². The summed E-state index contributed by atoms with van der Waals surface area (Å²) in [5, 5.41) is 3.22. The van der Waals surface area contributed by atoms with Gasteiger partial charge in [0.2, 0.25) is 0 Å². The molecule has 0 radical (unpaired) electrons. The number of rotatable bonds is 6. The highest BCUT2D eigenvalue weighted by atomic mass is 19.1. The Bertz CT molecular complexity index is 352. The Hall–Kier alpha value is -1.35. The van der Waals surface area contributed by atoms with Gasteiger partial charge < -0.3 is 10.1 Å². The number of hydrogen-bond acceptors (Lipinski definition) is 2.